The van der Waals surface area contributed by atoms with E-state index in [9.17, 15) is 0 Å². The molecule has 2 heterocycles. The first kappa shape index (κ1) is 17.4. The van der Waals surface area contributed by atoms with Crippen molar-refractivity contribution in [2.45, 2.75) is 51.0 Å². The van der Waals surface area contributed by atoms with Gasteiger partial charge in [0.1, 0.15) is 0 Å². The molecule has 1 atom stereocenters. The first-order chi connectivity index (χ1) is 11.3. The number of nitrogens with zero attached hydrogens (tertiary/aromatic N) is 2. The molecule has 2 aliphatic heterocycles. The highest BCUT2D eigenvalue weighted by molar-refractivity contribution is 7.99. The van der Waals surface area contributed by atoms with Gasteiger partial charge in [-0.2, -0.15) is 11.8 Å². The lowest BCUT2D eigenvalue weighted by Gasteiger charge is -2.24. The van der Waals surface area contributed by atoms with E-state index in [1.807, 2.05) is 7.05 Å². The van der Waals surface area contributed by atoms with Crippen LogP contribution in [0.4, 0.5) is 0 Å². The standard InChI is InChI=1S/C18H34N4S/c1-19-18(20-12-15-7-10-23-11-8-15)21-17-6-9-22(14-17)13-16-4-2-3-5-16/h15-17H,2-14H2,1H3,(H2,19,20,21). The van der Waals surface area contributed by atoms with Crippen molar-refractivity contribution < 1.29 is 0 Å². The molecule has 0 spiro atoms. The summed E-state index contributed by atoms with van der Waals surface area (Å²) in [6.07, 6.45) is 9.79. The Bertz CT molecular complexity index is 375. The molecule has 5 heteroatoms. The molecule has 4 nitrogen and oxygen atoms in total. The zero-order valence-electron chi connectivity index (χ0n) is 14.7. The molecule has 1 unspecified atom stereocenters. The summed E-state index contributed by atoms with van der Waals surface area (Å²) in [5.41, 5.74) is 0. The summed E-state index contributed by atoms with van der Waals surface area (Å²) in [6.45, 7) is 4.85. The van der Waals surface area contributed by atoms with Crippen LogP contribution in [0.5, 0.6) is 0 Å². The fraction of sp³-hybridized carbons (Fsp3) is 0.944. The summed E-state index contributed by atoms with van der Waals surface area (Å²) in [6, 6.07) is 0.574. The van der Waals surface area contributed by atoms with E-state index in [4.69, 9.17) is 0 Å². The van der Waals surface area contributed by atoms with E-state index >= 15 is 0 Å². The molecular formula is C18H34N4S. The third kappa shape index (κ3) is 5.56. The Kier molecular flexibility index (Phi) is 6.94. The van der Waals surface area contributed by atoms with Crippen LogP contribution in [0.25, 0.3) is 0 Å². The molecule has 1 aliphatic carbocycles. The number of hydrogen-bond acceptors (Lipinski definition) is 3. The normalized spacial score (nSPS) is 28.4. The molecule has 3 fully saturated rings. The Hall–Kier alpha value is -0.420. The lowest BCUT2D eigenvalue weighted by molar-refractivity contribution is 0.275. The van der Waals surface area contributed by atoms with Crippen LogP contribution in [0.1, 0.15) is 44.9 Å². The summed E-state index contributed by atoms with van der Waals surface area (Å²) in [4.78, 5) is 7.10. The molecule has 3 rings (SSSR count). The van der Waals surface area contributed by atoms with E-state index in [1.54, 1.807) is 0 Å². The maximum atomic E-state index is 4.43. The highest BCUT2D eigenvalue weighted by atomic mass is 32.2. The second-order valence-electron chi connectivity index (χ2n) is 7.55. The van der Waals surface area contributed by atoms with Crippen LogP contribution in [0.15, 0.2) is 4.99 Å². The molecule has 0 aromatic heterocycles. The Morgan fingerprint density at radius 3 is 2.61 bits per heavy atom. The Morgan fingerprint density at radius 1 is 1.09 bits per heavy atom. The van der Waals surface area contributed by atoms with Crippen LogP contribution in [0.3, 0.4) is 0 Å². The van der Waals surface area contributed by atoms with E-state index in [2.05, 4.69) is 32.3 Å². The lowest BCUT2D eigenvalue weighted by Crippen LogP contribution is -2.46. The molecule has 0 bridgehead atoms. The van der Waals surface area contributed by atoms with Gasteiger partial charge in [0, 0.05) is 39.3 Å². The molecule has 0 aromatic carbocycles. The SMILES string of the molecule is CN=C(NCC1CCSCC1)NC1CCN(CC2CCCC2)C1. The fourth-order valence-electron chi connectivity index (χ4n) is 4.25. The molecule has 2 N–H and O–H groups in total. The lowest BCUT2D eigenvalue weighted by atomic mass is 10.0. The maximum absolute atomic E-state index is 4.43. The number of likely N-dealkylation sites (tertiary alicyclic amines) is 1. The first-order valence-electron chi connectivity index (χ1n) is 9.61. The molecule has 1 saturated carbocycles. The largest absolute Gasteiger partial charge is 0.356 e. The summed E-state index contributed by atoms with van der Waals surface area (Å²) in [5.74, 6) is 5.47. The Labute approximate surface area is 146 Å². The minimum atomic E-state index is 0.574. The monoisotopic (exact) mass is 338 g/mol. The number of rotatable bonds is 5. The number of aliphatic imine (C=N–C) groups is 1. The molecular weight excluding hydrogens is 304 g/mol. The highest BCUT2D eigenvalue weighted by Gasteiger charge is 2.26. The molecule has 0 amide bonds. The summed E-state index contributed by atoms with van der Waals surface area (Å²) < 4.78 is 0. The van der Waals surface area contributed by atoms with Crippen molar-refractivity contribution in [2.75, 3.05) is 44.7 Å². The quantitative estimate of drug-likeness (QED) is 0.597. The van der Waals surface area contributed by atoms with Crippen LogP contribution in [-0.2, 0) is 0 Å². The second kappa shape index (κ2) is 9.16. The van der Waals surface area contributed by atoms with E-state index in [0.717, 1.165) is 24.3 Å². The third-order valence-corrected chi connectivity index (χ3v) is 6.78. The van der Waals surface area contributed by atoms with E-state index in [1.165, 1.54) is 76.1 Å². The van der Waals surface area contributed by atoms with Crippen molar-refractivity contribution in [2.24, 2.45) is 16.8 Å². The van der Waals surface area contributed by atoms with Gasteiger partial charge in [0.15, 0.2) is 5.96 Å². The van der Waals surface area contributed by atoms with Crippen molar-refractivity contribution in [1.82, 2.24) is 15.5 Å². The van der Waals surface area contributed by atoms with Gasteiger partial charge in [-0.05, 0) is 55.4 Å². The van der Waals surface area contributed by atoms with Crippen LogP contribution in [0, 0.1) is 11.8 Å². The van der Waals surface area contributed by atoms with Gasteiger partial charge in [-0.3, -0.25) is 4.99 Å². The number of guanidine groups is 1. The van der Waals surface area contributed by atoms with E-state index < -0.39 is 0 Å². The van der Waals surface area contributed by atoms with Gasteiger partial charge < -0.3 is 15.5 Å². The van der Waals surface area contributed by atoms with Gasteiger partial charge in [-0.15, -0.1) is 0 Å². The maximum Gasteiger partial charge on any atom is 0.191 e. The summed E-state index contributed by atoms with van der Waals surface area (Å²) in [5, 5.41) is 7.22. The van der Waals surface area contributed by atoms with Crippen LogP contribution in [0.2, 0.25) is 0 Å². The van der Waals surface area contributed by atoms with Crippen LogP contribution >= 0.6 is 11.8 Å². The van der Waals surface area contributed by atoms with Crippen molar-refractivity contribution in [1.29, 1.82) is 0 Å². The average Bonchev–Trinajstić information content (AvgIpc) is 3.25. The highest BCUT2D eigenvalue weighted by Crippen LogP contribution is 2.26. The van der Waals surface area contributed by atoms with E-state index in [-0.39, 0.29) is 0 Å². The summed E-state index contributed by atoms with van der Waals surface area (Å²) in [7, 11) is 1.90. The smallest absolute Gasteiger partial charge is 0.191 e. The summed E-state index contributed by atoms with van der Waals surface area (Å²) >= 11 is 2.10. The van der Waals surface area contributed by atoms with Crippen LogP contribution < -0.4 is 10.6 Å². The van der Waals surface area contributed by atoms with Gasteiger partial charge in [-0.25, -0.2) is 0 Å². The van der Waals surface area contributed by atoms with E-state index in [0.29, 0.717) is 6.04 Å². The van der Waals surface area contributed by atoms with Gasteiger partial charge in [0.25, 0.3) is 0 Å². The van der Waals surface area contributed by atoms with Gasteiger partial charge in [0.05, 0.1) is 0 Å². The molecule has 0 radical (unpaired) electrons. The topological polar surface area (TPSA) is 39.7 Å². The number of nitrogens with one attached hydrogen (secondary N) is 2. The van der Waals surface area contributed by atoms with Gasteiger partial charge in [0.2, 0.25) is 0 Å². The average molecular weight is 339 g/mol. The van der Waals surface area contributed by atoms with Crippen molar-refractivity contribution in [3.63, 3.8) is 0 Å². The molecule has 23 heavy (non-hydrogen) atoms. The van der Waals surface area contributed by atoms with Gasteiger partial charge >= 0.3 is 0 Å². The second-order valence-corrected chi connectivity index (χ2v) is 8.77. The Balaban J connectivity index is 1.35. The molecule has 2 saturated heterocycles. The Morgan fingerprint density at radius 2 is 1.87 bits per heavy atom. The molecule has 132 valence electrons. The first-order valence-corrected chi connectivity index (χ1v) is 10.8. The predicted molar refractivity (Wildman–Crippen MR) is 101 cm³/mol. The number of thioether (sulfide) groups is 1. The zero-order chi connectivity index (χ0) is 15.9. The van der Waals surface area contributed by atoms with Crippen molar-refractivity contribution >= 4 is 17.7 Å². The molecule has 0 aromatic rings. The van der Waals surface area contributed by atoms with Crippen molar-refractivity contribution in [3.05, 3.63) is 0 Å². The fourth-order valence-corrected chi connectivity index (χ4v) is 5.46. The van der Waals surface area contributed by atoms with Crippen molar-refractivity contribution in [3.8, 4) is 0 Å². The minimum Gasteiger partial charge on any atom is -0.356 e. The minimum absolute atomic E-state index is 0.574. The van der Waals surface area contributed by atoms with Crippen LogP contribution in [-0.4, -0.2) is 61.6 Å². The molecule has 3 aliphatic rings. The third-order valence-electron chi connectivity index (χ3n) is 5.73. The number of hydrogen-bond donors (Lipinski definition) is 2. The predicted octanol–water partition coefficient (Wildman–Crippen LogP) is 2.56. The zero-order valence-corrected chi connectivity index (χ0v) is 15.5. The van der Waals surface area contributed by atoms with Gasteiger partial charge in [-0.1, -0.05) is 12.8 Å².